The predicted octanol–water partition coefficient (Wildman–Crippen LogP) is 2.98. The van der Waals surface area contributed by atoms with Crippen molar-refractivity contribution >= 4 is 45.2 Å². The lowest BCUT2D eigenvalue weighted by atomic mass is 9.95. The summed E-state index contributed by atoms with van der Waals surface area (Å²) in [6, 6.07) is 7.31. The molecule has 0 fully saturated rings. The lowest BCUT2D eigenvalue weighted by Crippen LogP contribution is -2.47. The maximum absolute atomic E-state index is 12.8. The molecule has 10 heteroatoms. The van der Waals surface area contributed by atoms with Crippen LogP contribution in [-0.2, 0) is 16.1 Å². The zero-order chi connectivity index (χ0) is 21.3. The monoisotopic (exact) mass is 444 g/mol. The number of halogens is 1. The Morgan fingerprint density at radius 2 is 2.03 bits per heavy atom. The lowest BCUT2D eigenvalue weighted by molar-refractivity contribution is -0.139. The molecule has 0 spiro atoms. The van der Waals surface area contributed by atoms with Crippen molar-refractivity contribution in [3.8, 4) is 0 Å². The number of ether oxygens (including phenoxy) is 1. The average molecular weight is 445 g/mol. The zero-order valence-electron chi connectivity index (χ0n) is 15.8. The highest BCUT2D eigenvalue weighted by molar-refractivity contribution is 7.17. The number of allylic oxidation sites excluding steroid dienone is 1. The van der Waals surface area contributed by atoms with E-state index >= 15 is 0 Å². The summed E-state index contributed by atoms with van der Waals surface area (Å²) in [5.41, 5.74) is 1.51. The molecule has 0 saturated heterocycles. The SMILES string of the molecule is CCOC(=O)C1=C(Cn2cnc3ccsc3c2=O)NC(=O)N[C@H]1c1ccc(Cl)cc1. The number of benzene rings is 1. The van der Waals surface area contributed by atoms with Crippen molar-refractivity contribution in [1.29, 1.82) is 0 Å². The molecule has 0 radical (unpaired) electrons. The number of fused-ring (bicyclic) bond motifs is 1. The van der Waals surface area contributed by atoms with Crippen LogP contribution in [0.25, 0.3) is 10.2 Å². The summed E-state index contributed by atoms with van der Waals surface area (Å²) in [6.07, 6.45) is 1.40. The highest BCUT2D eigenvalue weighted by Crippen LogP contribution is 2.29. The second-order valence-electron chi connectivity index (χ2n) is 6.51. The van der Waals surface area contributed by atoms with E-state index in [4.69, 9.17) is 16.3 Å². The molecule has 1 aliphatic heterocycles. The number of hydrogen-bond acceptors (Lipinski definition) is 6. The van der Waals surface area contributed by atoms with Gasteiger partial charge in [-0.15, -0.1) is 11.3 Å². The summed E-state index contributed by atoms with van der Waals surface area (Å²) >= 11 is 7.26. The molecule has 0 bridgehead atoms. The number of carbonyl (C=O) groups is 2. The summed E-state index contributed by atoms with van der Waals surface area (Å²) in [5.74, 6) is -0.585. The van der Waals surface area contributed by atoms with Gasteiger partial charge in [-0.3, -0.25) is 9.36 Å². The maximum Gasteiger partial charge on any atom is 0.338 e. The van der Waals surface area contributed by atoms with Crippen LogP contribution in [0.4, 0.5) is 4.79 Å². The van der Waals surface area contributed by atoms with Gasteiger partial charge in [-0.25, -0.2) is 14.6 Å². The quantitative estimate of drug-likeness (QED) is 0.589. The minimum atomic E-state index is -0.751. The van der Waals surface area contributed by atoms with Gasteiger partial charge in [0.2, 0.25) is 0 Å². The smallest absolute Gasteiger partial charge is 0.338 e. The number of rotatable bonds is 5. The van der Waals surface area contributed by atoms with Crippen LogP contribution in [-0.4, -0.2) is 28.2 Å². The summed E-state index contributed by atoms with van der Waals surface area (Å²) in [6.45, 7) is 1.83. The first-order chi connectivity index (χ1) is 14.5. The van der Waals surface area contributed by atoms with Crippen LogP contribution in [0.2, 0.25) is 5.02 Å². The number of thiophene rings is 1. The minimum Gasteiger partial charge on any atom is -0.463 e. The van der Waals surface area contributed by atoms with Gasteiger partial charge in [0, 0.05) is 5.02 Å². The van der Waals surface area contributed by atoms with E-state index in [1.807, 2.05) is 0 Å². The fourth-order valence-corrected chi connectivity index (χ4v) is 4.18. The number of nitrogens with one attached hydrogen (secondary N) is 2. The Labute approximate surface area is 180 Å². The molecule has 0 saturated carbocycles. The van der Waals surface area contributed by atoms with Crippen LogP contribution in [0.5, 0.6) is 0 Å². The van der Waals surface area contributed by atoms with Crippen LogP contribution >= 0.6 is 22.9 Å². The number of nitrogens with zero attached hydrogens (tertiary/aromatic N) is 2. The van der Waals surface area contributed by atoms with Gasteiger partial charge in [0.05, 0.1) is 42.3 Å². The molecule has 2 aromatic heterocycles. The third-order valence-corrected chi connectivity index (χ3v) is 5.76. The molecule has 30 heavy (non-hydrogen) atoms. The molecular weight excluding hydrogens is 428 g/mol. The van der Waals surface area contributed by atoms with Crippen molar-refractivity contribution in [3.63, 3.8) is 0 Å². The Kier molecular flexibility index (Phi) is 5.56. The predicted molar refractivity (Wildman–Crippen MR) is 113 cm³/mol. The fraction of sp³-hybridized carbons (Fsp3) is 0.200. The van der Waals surface area contributed by atoms with Gasteiger partial charge >= 0.3 is 12.0 Å². The number of urea groups is 1. The second kappa shape index (κ2) is 8.29. The summed E-state index contributed by atoms with van der Waals surface area (Å²) in [5, 5.41) is 7.72. The van der Waals surface area contributed by atoms with Gasteiger partial charge in [0.1, 0.15) is 4.70 Å². The molecule has 3 aromatic rings. The largest absolute Gasteiger partial charge is 0.463 e. The van der Waals surface area contributed by atoms with Crippen LogP contribution in [0.15, 0.2) is 58.1 Å². The zero-order valence-corrected chi connectivity index (χ0v) is 17.4. The molecule has 0 aliphatic carbocycles. The molecule has 2 N–H and O–H groups in total. The van der Waals surface area contributed by atoms with E-state index in [0.29, 0.717) is 20.8 Å². The van der Waals surface area contributed by atoms with E-state index in [-0.39, 0.29) is 30.0 Å². The Hall–Kier alpha value is -3.17. The second-order valence-corrected chi connectivity index (χ2v) is 7.86. The average Bonchev–Trinajstić information content (AvgIpc) is 3.20. The minimum absolute atomic E-state index is 0.0364. The summed E-state index contributed by atoms with van der Waals surface area (Å²) in [7, 11) is 0. The molecule has 1 aromatic carbocycles. The number of hydrogen-bond donors (Lipinski definition) is 2. The van der Waals surface area contributed by atoms with Crippen molar-refractivity contribution in [2.24, 2.45) is 0 Å². The van der Waals surface area contributed by atoms with Crippen molar-refractivity contribution in [3.05, 3.63) is 74.2 Å². The fourth-order valence-electron chi connectivity index (χ4n) is 3.26. The van der Waals surface area contributed by atoms with E-state index in [1.165, 1.54) is 22.2 Å². The molecule has 4 rings (SSSR count). The number of carbonyl (C=O) groups excluding carboxylic acids is 2. The third-order valence-electron chi connectivity index (χ3n) is 4.62. The van der Waals surface area contributed by atoms with Gasteiger partial charge < -0.3 is 15.4 Å². The van der Waals surface area contributed by atoms with Crippen LogP contribution < -0.4 is 16.2 Å². The molecule has 3 heterocycles. The lowest BCUT2D eigenvalue weighted by Gasteiger charge is -2.29. The first-order valence-corrected chi connectivity index (χ1v) is 10.4. The van der Waals surface area contributed by atoms with Gasteiger partial charge in [-0.2, -0.15) is 0 Å². The molecular formula is C20H17ClN4O4S. The van der Waals surface area contributed by atoms with Gasteiger partial charge in [0.15, 0.2) is 0 Å². The van der Waals surface area contributed by atoms with Gasteiger partial charge in [-0.05, 0) is 36.1 Å². The summed E-state index contributed by atoms with van der Waals surface area (Å²) < 4.78 is 7.10. The molecule has 1 aliphatic rings. The van der Waals surface area contributed by atoms with E-state index < -0.39 is 18.0 Å². The number of aromatic nitrogens is 2. The van der Waals surface area contributed by atoms with E-state index in [9.17, 15) is 14.4 Å². The topological polar surface area (TPSA) is 102 Å². The van der Waals surface area contributed by atoms with E-state index in [0.717, 1.165) is 0 Å². The molecule has 0 unspecified atom stereocenters. The molecule has 154 valence electrons. The standard InChI is InChI=1S/C20H17ClN4O4S/c1-2-29-19(27)15-14(9-25-10-22-13-7-8-30-17(13)18(25)26)23-20(28)24-16(15)11-3-5-12(21)6-4-11/h3-8,10,16H,2,9H2,1H3,(H2,23,24,28)/t16-/m0/s1. The molecule has 2 amide bonds. The summed E-state index contributed by atoms with van der Waals surface area (Å²) in [4.78, 5) is 42.2. The van der Waals surface area contributed by atoms with Crippen LogP contribution in [0.1, 0.15) is 18.5 Å². The Morgan fingerprint density at radius 3 is 2.77 bits per heavy atom. The van der Waals surface area contributed by atoms with Crippen molar-refractivity contribution in [2.75, 3.05) is 6.61 Å². The van der Waals surface area contributed by atoms with E-state index in [2.05, 4.69) is 15.6 Å². The van der Waals surface area contributed by atoms with E-state index in [1.54, 1.807) is 42.6 Å². The van der Waals surface area contributed by atoms with Crippen LogP contribution in [0, 0.1) is 0 Å². The van der Waals surface area contributed by atoms with Gasteiger partial charge in [-0.1, -0.05) is 23.7 Å². The first kappa shape index (κ1) is 20.1. The van der Waals surface area contributed by atoms with Crippen molar-refractivity contribution in [1.82, 2.24) is 20.2 Å². The molecule has 8 nitrogen and oxygen atoms in total. The number of amides is 2. The van der Waals surface area contributed by atoms with Crippen molar-refractivity contribution < 1.29 is 14.3 Å². The molecule has 1 atom stereocenters. The third kappa shape index (κ3) is 3.81. The maximum atomic E-state index is 12.8. The Bertz CT molecular complexity index is 1220. The Morgan fingerprint density at radius 1 is 1.27 bits per heavy atom. The highest BCUT2D eigenvalue weighted by atomic mass is 35.5. The Balaban J connectivity index is 1.82. The van der Waals surface area contributed by atoms with Crippen LogP contribution in [0.3, 0.4) is 0 Å². The number of esters is 1. The van der Waals surface area contributed by atoms with Gasteiger partial charge in [0.25, 0.3) is 5.56 Å². The highest BCUT2D eigenvalue weighted by Gasteiger charge is 2.34. The normalized spacial score (nSPS) is 16.3. The first-order valence-electron chi connectivity index (χ1n) is 9.13. The van der Waals surface area contributed by atoms with Crippen molar-refractivity contribution in [2.45, 2.75) is 19.5 Å².